The van der Waals surface area contributed by atoms with Gasteiger partial charge >= 0.3 is 0 Å². The summed E-state index contributed by atoms with van der Waals surface area (Å²) in [4.78, 5) is 16.8. The van der Waals surface area contributed by atoms with Crippen molar-refractivity contribution in [3.8, 4) is 11.5 Å². The van der Waals surface area contributed by atoms with E-state index in [1.807, 2.05) is 6.07 Å². The first-order valence-electron chi connectivity index (χ1n) is 10.3. The number of ether oxygens (including phenoxy) is 2. The van der Waals surface area contributed by atoms with Crippen LogP contribution in [0.4, 0.5) is 0 Å². The fourth-order valence-electron chi connectivity index (χ4n) is 4.05. The molecule has 0 aromatic heterocycles. The molecule has 8 heteroatoms. The first-order valence-corrected chi connectivity index (χ1v) is 11.1. The lowest BCUT2D eigenvalue weighted by Gasteiger charge is -2.20. The highest BCUT2D eigenvalue weighted by Crippen LogP contribution is 2.34. The van der Waals surface area contributed by atoms with Crippen molar-refractivity contribution < 1.29 is 14.3 Å². The summed E-state index contributed by atoms with van der Waals surface area (Å²) < 4.78 is 10.6. The van der Waals surface area contributed by atoms with Crippen molar-refractivity contribution in [3.05, 3.63) is 29.3 Å². The van der Waals surface area contributed by atoms with Crippen LogP contribution in [-0.2, 0) is 4.79 Å². The molecule has 1 aliphatic carbocycles. The average molecular weight is 427 g/mol. The number of fused-ring (bicyclic) bond motifs is 1. The number of hydrogen-bond acceptors (Lipinski definition) is 6. The zero-order valence-corrected chi connectivity index (χ0v) is 18.1. The Kier molecular flexibility index (Phi) is 6.22. The molecule has 3 aliphatic rings. The van der Waals surface area contributed by atoms with Gasteiger partial charge in [0.25, 0.3) is 5.91 Å². The van der Waals surface area contributed by atoms with Gasteiger partial charge in [0.2, 0.25) is 5.17 Å². The SMILES string of the molecule is COc1ccc(C=C2C(=N)N3N=C(CCC4CCCCC4)SC3=NC2=O)cc1OC. The van der Waals surface area contributed by atoms with E-state index in [0.717, 1.165) is 29.4 Å². The first-order chi connectivity index (χ1) is 14.6. The zero-order valence-electron chi connectivity index (χ0n) is 17.3. The first kappa shape index (κ1) is 20.7. The third-order valence-electron chi connectivity index (χ3n) is 5.71. The second-order valence-electron chi connectivity index (χ2n) is 7.67. The Labute approximate surface area is 180 Å². The van der Waals surface area contributed by atoms with Crippen molar-refractivity contribution >= 4 is 39.8 Å². The number of amides is 1. The quantitative estimate of drug-likeness (QED) is 0.667. The molecule has 0 atom stereocenters. The Morgan fingerprint density at radius 3 is 2.70 bits per heavy atom. The van der Waals surface area contributed by atoms with Gasteiger partial charge in [0.15, 0.2) is 17.3 Å². The summed E-state index contributed by atoms with van der Waals surface area (Å²) in [6.07, 6.45) is 10.2. The highest BCUT2D eigenvalue weighted by molar-refractivity contribution is 8.26. The van der Waals surface area contributed by atoms with Crippen LogP contribution in [0.25, 0.3) is 6.08 Å². The van der Waals surface area contributed by atoms with Crippen molar-refractivity contribution in [3.63, 3.8) is 0 Å². The molecule has 0 bridgehead atoms. The fourth-order valence-corrected chi connectivity index (χ4v) is 4.95. The molecule has 1 fully saturated rings. The van der Waals surface area contributed by atoms with Crippen LogP contribution in [0.5, 0.6) is 11.5 Å². The van der Waals surface area contributed by atoms with Crippen LogP contribution >= 0.6 is 11.8 Å². The van der Waals surface area contributed by atoms with Crippen LogP contribution in [0.3, 0.4) is 0 Å². The Morgan fingerprint density at radius 1 is 1.20 bits per heavy atom. The molecule has 0 radical (unpaired) electrons. The maximum atomic E-state index is 12.6. The number of thioether (sulfide) groups is 1. The molecule has 1 amide bonds. The van der Waals surface area contributed by atoms with Gasteiger partial charge in [-0.1, -0.05) is 38.2 Å². The van der Waals surface area contributed by atoms with Gasteiger partial charge in [-0.3, -0.25) is 10.2 Å². The minimum Gasteiger partial charge on any atom is -0.493 e. The number of carbonyl (C=O) groups is 1. The van der Waals surface area contributed by atoms with Crippen molar-refractivity contribution in [2.45, 2.75) is 44.9 Å². The molecular formula is C22H26N4O3S. The van der Waals surface area contributed by atoms with E-state index in [-0.39, 0.29) is 11.4 Å². The van der Waals surface area contributed by atoms with E-state index in [1.54, 1.807) is 32.4 Å². The van der Waals surface area contributed by atoms with Crippen molar-refractivity contribution in [2.75, 3.05) is 14.2 Å². The van der Waals surface area contributed by atoms with Crippen LogP contribution in [0.15, 0.2) is 33.9 Å². The lowest BCUT2D eigenvalue weighted by molar-refractivity contribution is -0.114. The maximum Gasteiger partial charge on any atom is 0.283 e. The van der Waals surface area contributed by atoms with Crippen LogP contribution < -0.4 is 9.47 Å². The number of amidine groups is 2. The largest absolute Gasteiger partial charge is 0.493 e. The van der Waals surface area contributed by atoms with E-state index in [9.17, 15) is 4.79 Å². The van der Waals surface area contributed by atoms with Gasteiger partial charge in [0.1, 0.15) is 5.04 Å². The van der Waals surface area contributed by atoms with Gasteiger partial charge in [-0.05, 0) is 54.3 Å². The summed E-state index contributed by atoms with van der Waals surface area (Å²) in [5.74, 6) is 1.57. The average Bonchev–Trinajstić information content (AvgIpc) is 3.18. The molecule has 1 aromatic rings. The van der Waals surface area contributed by atoms with Crippen LogP contribution in [0, 0.1) is 11.3 Å². The number of nitrogens with zero attached hydrogens (tertiary/aromatic N) is 3. The molecular weight excluding hydrogens is 400 g/mol. The smallest absolute Gasteiger partial charge is 0.283 e. The Balaban J connectivity index is 1.50. The third kappa shape index (κ3) is 4.28. The van der Waals surface area contributed by atoms with Gasteiger partial charge in [-0.15, -0.1) is 0 Å². The third-order valence-corrected chi connectivity index (χ3v) is 6.67. The number of methoxy groups -OCH3 is 2. The highest BCUT2D eigenvalue weighted by atomic mass is 32.2. The molecule has 1 saturated carbocycles. The number of rotatable bonds is 6. The van der Waals surface area contributed by atoms with Gasteiger partial charge in [0.05, 0.1) is 19.8 Å². The molecule has 0 saturated heterocycles. The highest BCUT2D eigenvalue weighted by Gasteiger charge is 2.35. The molecule has 0 spiro atoms. The maximum absolute atomic E-state index is 12.6. The normalized spacial score (nSPS) is 20.9. The van der Waals surface area contributed by atoms with Gasteiger partial charge in [0, 0.05) is 0 Å². The lowest BCUT2D eigenvalue weighted by Crippen LogP contribution is -2.35. The van der Waals surface area contributed by atoms with Crippen LogP contribution in [0.2, 0.25) is 0 Å². The van der Waals surface area contributed by atoms with E-state index in [1.165, 1.54) is 48.9 Å². The summed E-state index contributed by atoms with van der Waals surface area (Å²) in [6.45, 7) is 0. The molecule has 0 unspecified atom stereocenters. The van der Waals surface area contributed by atoms with Crippen LogP contribution in [-0.4, -0.2) is 41.2 Å². The summed E-state index contributed by atoms with van der Waals surface area (Å²) in [5.41, 5.74) is 0.941. The predicted octanol–water partition coefficient (Wildman–Crippen LogP) is 4.68. The fraction of sp³-hybridized carbons (Fsp3) is 0.455. The monoisotopic (exact) mass is 426 g/mol. The standard InChI is InChI=1S/C22H26N4O3S/c1-28-17-10-8-15(13-18(17)29-2)12-16-20(23)26-22(24-21(16)27)30-19(25-26)11-9-14-6-4-3-5-7-14/h8,10,12-14,23H,3-7,9,11H2,1-2H3. The van der Waals surface area contributed by atoms with Gasteiger partial charge in [-0.25, -0.2) is 0 Å². The molecule has 2 heterocycles. The van der Waals surface area contributed by atoms with Crippen LogP contribution in [0.1, 0.15) is 50.5 Å². The lowest BCUT2D eigenvalue weighted by atomic mass is 9.86. The van der Waals surface area contributed by atoms with E-state index in [4.69, 9.17) is 14.9 Å². The molecule has 1 N–H and O–H groups in total. The number of nitrogens with one attached hydrogen (secondary N) is 1. The minimum absolute atomic E-state index is 0.0555. The predicted molar refractivity (Wildman–Crippen MR) is 120 cm³/mol. The number of hydrazone groups is 1. The van der Waals surface area contributed by atoms with E-state index >= 15 is 0 Å². The molecule has 7 nitrogen and oxygen atoms in total. The van der Waals surface area contributed by atoms with E-state index < -0.39 is 5.91 Å². The summed E-state index contributed by atoms with van der Waals surface area (Å²) in [7, 11) is 3.13. The second-order valence-corrected chi connectivity index (χ2v) is 8.71. The zero-order chi connectivity index (χ0) is 21.1. The molecule has 30 heavy (non-hydrogen) atoms. The van der Waals surface area contributed by atoms with Crippen molar-refractivity contribution in [1.82, 2.24) is 5.01 Å². The van der Waals surface area contributed by atoms with Gasteiger partial charge < -0.3 is 9.47 Å². The van der Waals surface area contributed by atoms with E-state index in [0.29, 0.717) is 16.7 Å². The summed E-state index contributed by atoms with van der Waals surface area (Å²) in [5, 5.41) is 16.0. The topological polar surface area (TPSA) is 87.3 Å². The molecule has 4 rings (SSSR count). The molecule has 158 valence electrons. The minimum atomic E-state index is -0.419. The van der Waals surface area contributed by atoms with E-state index in [2.05, 4.69) is 10.1 Å². The second kappa shape index (κ2) is 9.04. The number of carbonyl (C=O) groups excluding carboxylic acids is 1. The Bertz CT molecular complexity index is 948. The Hall–Kier alpha value is -2.61. The van der Waals surface area contributed by atoms with Crippen molar-refractivity contribution in [2.24, 2.45) is 16.0 Å². The number of benzene rings is 1. The van der Waals surface area contributed by atoms with Crippen molar-refractivity contribution in [1.29, 1.82) is 5.41 Å². The number of aliphatic imine (C=N–C) groups is 1. The summed E-state index contributed by atoms with van der Waals surface area (Å²) in [6, 6.07) is 5.35. The van der Waals surface area contributed by atoms with Gasteiger partial charge in [-0.2, -0.15) is 15.1 Å². The molecule has 1 aromatic carbocycles. The molecule has 2 aliphatic heterocycles. The number of hydrogen-bond donors (Lipinski definition) is 1. The summed E-state index contributed by atoms with van der Waals surface area (Å²) >= 11 is 1.41. The Morgan fingerprint density at radius 2 is 1.97 bits per heavy atom.